The van der Waals surface area contributed by atoms with Crippen LogP contribution in [-0.4, -0.2) is 75.3 Å². The van der Waals surface area contributed by atoms with Gasteiger partial charge in [-0.2, -0.15) is 0 Å². The predicted molar refractivity (Wildman–Crippen MR) is 79.9 cm³/mol. The first-order valence-electron chi connectivity index (χ1n) is 7.92. The molecule has 0 aromatic heterocycles. The Morgan fingerprint density at radius 3 is 2.29 bits per heavy atom. The van der Waals surface area contributed by atoms with Gasteiger partial charge in [-0.1, -0.05) is 6.92 Å². The highest BCUT2D eigenvalue weighted by molar-refractivity contribution is 5.71. The van der Waals surface area contributed by atoms with Crippen molar-refractivity contribution in [1.29, 1.82) is 0 Å². The van der Waals surface area contributed by atoms with Crippen molar-refractivity contribution in [1.82, 2.24) is 0 Å². The van der Waals surface area contributed by atoms with E-state index < -0.39 is 54.9 Å². The Bertz CT molecular complexity index is 427. The van der Waals surface area contributed by atoms with Gasteiger partial charge in [0.15, 0.2) is 6.29 Å². The van der Waals surface area contributed by atoms with E-state index in [2.05, 4.69) is 0 Å². The predicted octanol–water partition coefficient (Wildman–Crippen LogP) is -0.594. The van der Waals surface area contributed by atoms with Gasteiger partial charge in [-0.25, -0.2) is 0 Å². The van der Waals surface area contributed by atoms with E-state index in [1.807, 2.05) is 0 Å². The van der Waals surface area contributed by atoms with Crippen LogP contribution >= 0.6 is 0 Å². The summed E-state index contributed by atoms with van der Waals surface area (Å²) in [4.78, 5) is 22.4. The van der Waals surface area contributed by atoms with Gasteiger partial charge in [-0.15, -0.1) is 0 Å². The standard InChI is InChI=1S/C15H26O9/c1-4-9(6-11(18)22-7(2)5-10(16)17)24-15-14(21)13(20)12(19)8(3)23-15/h7-9,12-15,19-21H,4-6H2,1-3H3,(H,16,17)/t7?,8?,9?,12-,13?,14?,15-/m0/s1. The van der Waals surface area contributed by atoms with Crippen LogP contribution in [0.1, 0.15) is 40.0 Å². The van der Waals surface area contributed by atoms with Crippen molar-refractivity contribution in [3.8, 4) is 0 Å². The molecule has 1 rings (SSSR count). The number of hydrogen-bond acceptors (Lipinski definition) is 8. The third-order valence-corrected chi connectivity index (χ3v) is 3.78. The Morgan fingerprint density at radius 2 is 1.75 bits per heavy atom. The number of carbonyl (C=O) groups excluding carboxylic acids is 1. The molecule has 1 aliphatic rings. The largest absolute Gasteiger partial charge is 0.481 e. The lowest BCUT2D eigenvalue weighted by atomic mass is 10.00. The molecule has 1 heterocycles. The normalized spacial score (nSPS) is 32.8. The van der Waals surface area contributed by atoms with Crippen molar-refractivity contribution in [3.05, 3.63) is 0 Å². The van der Waals surface area contributed by atoms with Gasteiger partial charge >= 0.3 is 11.9 Å². The maximum absolute atomic E-state index is 11.8. The Kier molecular flexibility index (Phi) is 8.04. The summed E-state index contributed by atoms with van der Waals surface area (Å²) >= 11 is 0. The first-order valence-corrected chi connectivity index (χ1v) is 7.92. The van der Waals surface area contributed by atoms with Gasteiger partial charge in [0.2, 0.25) is 0 Å². The average Bonchev–Trinajstić information content (AvgIpc) is 2.48. The lowest BCUT2D eigenvalue weighted by Crippen LogP contribution is -2.58. The molecule has 0 aromatic carbocycles. The number of rotatable bonds is 8. The molecule has 0 saturated carbocycles. The number of ether oxygens (including phenoxy) is 3. The van der Waals surface area contributed by atoms with E-state index in [0.717, 1.165) is 0 Å². The van der Waals surface area contributed by atoms with Crippen LogP contribution in [0.15, 0.2) is 0 Å². The molecule has 0 spiro atoms. The third kappa shape index (κ3) is 5.99. The monoisotopic (exact) mass is 350 g/mol. The Hall–Kier alpha value is -1.26. The van der Waals surface area contributed by atoms with Crippen LogP contribution < -0.4 is 0 Å². The number of aliphatic hydroxyl groups excluding tert-OH is 3. The molecule has 1 fully saturated rings. The molecule has 9 heteroatoms. The first kappa shape index (κ1) is 20.8. The summed E-state index contributed by atoms with van der Waals surface area (Å²) in [6.07, 6.45) is -7.49. The average molecular weight is 350 g/mol. The summed E-state index contributed by atoms with van der Waals surface area (Å²) in [5, 5.41) is 37.9. The maximum Gasteiger partial charge on any atom is 0.308 e. The van der Waals surface area contributed by atoms with Crippen LogP contribution in [0.2, 0.25) is 0 Å². The lowest BCUT2D eigenvalue weighted by Gasteiger charge is -2.40. The molecule has 0 aliphatic carbocycles. The highest BCUT2D eigenvalue weighted by Crippen LogP contribution is 2.24. The van der Waals surface area contributed by atoms with E-state index >= 15 is 0 Å². The van der Waals surface area contributed by atoms with Crippen LogP contribution in [0.5, 0.6) is 0 Å². The van der Waals surface area contributed by atoms with Crippen LogP contribution in [0, 0.1) is 0 Å². The van der Waals surface area contributed by atoms with E-state index in [9.17, 15) is 24.9 Å². The van der Waals surface area contributed by atoms with Crippen LogP contribution in [-0.2, 0) is 23.8 Å². The molecular formula is C15H26O9. The molecule has 1 saturated heterocycles. The van der Waals surface area contributed by atoms with Gasteiger partial charge in [0, 0.05) is 0 Å². The molecule has 140 valence electrons. The SMILES string of the molecule is CCC(CC(=O)OC(C)CC(=O)O)O[C@@H]1OC(C)[C@H](O)C(O)C1O. The number of esters is 1. The minimum Gasteiger partial charge on any atom is -0.481 e. The molecule has 5 unspecified atom stereocenters. The van der Waals surface area contributed by atoms with Gasteiger partial charge in [0.05, 0.1) is 25.0 Å². The van der Waals surface area contributed by atoms with Crippen molar-refractivity contribution in [2.24, 2.45) is 0 Å². The summed E-state index contributed by atoms with van der Waals surface area (Å²) in [6, 6.07) is 0. The van der Waals surface area contributed by atoms with Crippen molar-refractivity contribution in [2.45, 2.75) is 82.9 Å². The number of carbonyl (C=O) groups is 2. The second-order valence-electron chi connectivity index (χ2n) is 5.95. The van der Waals surface area contributed by atoms with Gasteiger partial charge in [-0.05, 0) is 20.3 Å². The molecule has 0 radical (unpaired) electrons. The Labute approximate surface area is 140 Å². The van der Waals surface area contributed by atoms with E-state index in [-0.39, 0.29) is 12.8 Å². The smallest absolute Gasteiger partial charge is 0.308 e. The van der Waals surface area contributed by atoms with E-state index in [1.54, 1.807) is 6.92 Å². The van der Waals surface area contributed by atoms with Gasteiger partial charge in [-0.3, -0.25) is 9.59 Å². The molecule has 7 atom stereocenters. The van der Waals surface area contributed by atoms with Gasteiger partial charge < -0.3 is 34.6 Å². The molecule has 4 N–H and O–H groups in total. The summed E-state index contributed by atoms with van der Waals surface area (Å²) in [5.41, 5.74) is 0. The zero-order valence-electron chi connectivity index (χ0n) is 14.0. The molecule has 9 nitrogen and oxygen atoms in total. The zero-order chi connectivity index (χ0) is 18.4. The van der Waals surface area contributed by atoms with E-state index in [1.165, 1.54) is 13.8 Å². The Morgan fingerprint density at radius 1 is 1.12 bits per heavy atom. The first-order chi connectivity index (χ1) is 11.1. The van der Waals surface area contributed by atoms with E-state index in [0.29, 0.717) is 6.42 Å². The van der Waals surface area contributed by atoms with Crippen molar-refractivity contribution in [3.63, 3.8) is 0 Å². The quantitative estimate of drug-likeness (QED) is 0.422. The highest BCUT2D eigenvalue weighted by atomic mass is 16.7. The van der Waals surface area contributed by atoms with Crippen LogP contribution in [0.25, 0.3) is 0 Å². The zero-order valence-corrected chi connectivity index (χ0v) is 14.0. The molecule has 24 heavy (non-hydrogen) atoms. The summed E-state index contributed by atoms with van der Waals surface area (Å²) < 4.78 is 15.8. The van der Waals surface area contributed by atoms with Gasteiger partial charge in [0.25, 0.3) is 0 Å². The van der Waals surface area contributed by atoms with Crippen LogP contribution in [0.3, 0.4) is 0 Å². The number of aliphatic hydroxyl groups is 3. The Balaban J connectivity index is 2.54. The number of hydrogen-bond donors (Lipinski definition) is 4. The molecule has 0 bridgehead atoms. The highest BCUT2D eigenvalue weighted by Gasteiger charge is 2.43. The summed E-state index contributed by atoms with van der Waals surface area (Å²) in [5.74, 6) is -1.70. The molecular weight excluding hydrogens is 324 g/mol. The minimum atomic E-state index is -1.45. The van der Waals surface area contributed by atoms with Crippen molar-refractivity contribution in [2.75, 3.05) is 0 Å². The molecule has 0 amide bonds. The number of carboxylic acid groups (broad SMARTS) is 1. The second kappa shape index (κ2) is 9.28. The van der Waals surface area contributed by atoms with Crippen LogP contribution in [0.4, 0.5) is 0 Å². The topological polar surface area (TPSA) is 143 Å². The van der Waals surface area contributed by atoms with E-state index in [4.69, 9.17) is 19.3 Å². The fraction of sp³-hybridized carbons (Fsp3) is 0.867. The third-order valence-electron chi connectivity index (χ3n) is 3.78. The number of carboxylic acids is 1. The van der Waals surface area contributed by atoms with Crippen molar-refractivity contribution >= 4 is 11.9 Å². The summed E-state index contributed by atoms with van der Waals surface area (Å²) in [7, 11) is 0. The summed E-state index contributed by atoms with van der Waals surface area (Å²) in [6.45, 7) is 4.75. The lowest BCUT2D eigenvalue weighted by molar-refractivity contribution is -0.304. The minimum absolute atomic E-state index is 0.153. The fourth-order valence-electron chi connectivity index (χ4n) is 2.35. The van der Waals surface area contributed by atoms with Gasteiger partial charge in [0.1, 0.15) is 24.4 Å². The molecule has 0 aromatic rings. The van der Waals surface area contributed by atoms with Crippen molar-refractivity contribution < 1.29 is 44.2 Å². The fourth-order valence-corrected chi connectivity index (χ4v) is 2.35. The maximum atomic E-state index is 11.8. The second-order valence-corrected chi connectivity index (χ2v) is 5.95. The molecule has 1 aliphatic heterocycles. The number of aliphatic carboxylic acids is 1.